The predicted molar refractivity (Wildman–Crippen MR) is 94.4 cm³/mol. The number of fused-ring (bicyclic) bond motifs is 1. The zero-order valence-electron chi connectivity index (χ0n) is 12.7. The van der Waals surface area contributed by atoms with Crippen LogP contribution in [-0.4, -0.2) is 27.0 Å². The van der Waals surface area contributed by atoms with E-state index in [0.29, 0.717) is 21.2 Å². The molecule has 0 aliphatic carbocycles. The molecular weight excluding hydrogens is 365 g/mol. The highest BCUT2D eigenvalue weighted by molar-refractivity contribution is 6.42. The van der Waals surface area contributed by atoms with Gasteiger partial charge in [-0.2, -0.15) is 0 Å². The number of Topliss-reactive ketones (excluding diaryl/α,β-unsaturated/α-hetero) is 2. The van der Waals surface area contributed by atoms with Crippen LogP contribution >= 0.6 is 23.2 Å². The molecule has 0 radical (unpaired) electrons. The highest BCUT2D eigenvalue weighted by atomic mass is 35.5. The Bertz CT molecular complexity index is 1020. The maximum absolute atomic E-state index is 12.6. The van der Waals surface area contributed by atoms with Crippen molar-refractivity contribution < 1.29 is 19.5 Å². The molecule has 0 saturated heterocycles. The van der Waals surface area contributed by atoms with Gasteiger partial charge in [-0.1, -0.05) is 35.3 Å². The number of carboxylic acid groups (broad SMARTS) is 1. The summed E-state index contributed by atoms with van der Waals surface area (Å²) in [6.07, 6.45) is 0.958. The number of ketones is 2. The van der Waals surface area contributed by atoms with E-state index in [0.717, 1.165) is 5.52 Å². The first-order valence-electron chi connectivity index (χ1n) is 7.23. The average Bonchev–Trinajstić information content (AvgIpc) is 2.96. The molecule has 3 aromatic rings. The maximum Gasteiger partial charge on any atom is 0.372 e. The monoisotopic (exact) mass is 375 g/mol. The summed E-state index contributed by atoms with van der Waals surface area (Å²) in [5.41, 5.74) is 2.15. The van der Waals surface area contributed by atoms with Gasteiger partial charge in [-0.05, 0) is 35.9 Å². The van der Waals surface area contributed by atoms with Crippen LogP contribution in [0.25, 0.3) is 16.6 Å². The lowest BCUT2D eigenvalue weighted by atomic mass is 10.0. The largest absolute Gasteiger partial charge is 0.475 e. The van der Waals surface area contributed by atoms with Crippen molar-refractivity contribution in [3.05, 3.63) is 64.4 Å². The molecule has 0 aliphatic heterocycles. The van der Waals surface area contributed by atoms with Gasteiger partial charge in [-0.3, -0.25) is 9.59 Å². The third-order valence-electron chi connectivity index (χ3n) is 3.73. The number of nitrogens with zero attached hydrogens (tertiary/aromatic N) is 1. The van der Waals surface area contributed by atoms with Gasteiger partial charge in [0.05, 0.1) is 22.2 Å². The lowest BCUT2D eigenvalue weighted by Gasteiger charge is -2.06. The first-order chi connectivity index (χ1) is 11.9. The van der Waals surface area contributed by atoms with E-state index in [2.05, 4.69) is 0 Å². The summed E-state index contributed by atoms with van der Waals surface area (Å²) >= 11 is 12.0. The maximum atomic E-state index is 12.6. The number of aromatic nitrogens is 1. The fourth-order valence-electron chi connectivity index (χ4n) is 2.60. The summed E-state index contributed by atoms with van der Waals surface area (Å²) in [5, 5.41) is 9.46. The molecule has 1 aromatic carbocycles. The van der Waals surface area contributed by atoms with Gasteiger partial charge in [-0.15, -0.1) is 0 Å². The van der Waals surface area contributed by atoms with Crippen molar-refractivity contribution in [2.24, 2.45) is 0 Å². The molecule has 0 spiro atoms. The van der Waals surface area contributed by atoms with Gasteiger partial charge in [0.25, 0.3) is 0 Å². The number of carboxylic acids is 1. The molecular formula is C18H11Cl2NO4. The number of carbonyl (C=O) groups is 3. The second-order valence-corrected chi connectivity index (χ2v) is 6.17. The summed E-state index contributed by atoms with van der Waals surface area (Å²) in [7, 11) is 0. The molecule has 5 nitrogen and oxygen atoms in total. The van der Waals surface area contributed by atoms with E-state index in [1.54, 1.807) is 47.0 Å². The van der Waals surface area contributed by atoms with Crippen molar-refractivity contribution in [2.75, 3.05) is 0 Å². The molecule has 0 bridgehead atoms. The van der Waals surface area contributed by atoms with Gasteiger partial charge in [0, 0.05) is 17.3 Å². The summed E-state index contributed by atoms with van der Waals surface area (Å²) in [5.74, 6) is -3.37. The molecule has 1 N–H and O–H groups in total. The lowest BCUT2D eigenvalue weighted by molar-refractivity contribution is -0.148. The topological polar surface area (TPSA) is 75.8 Å². The molecule has 0 amide bonds. The van der Waals surface area contributed by atoms with E-state index in [-0.39, 0.29) is 5.69 Å². The van der Waals surface area contributed by atoms with Crippen LogP contribution in [0.15, 0.2) is 48.7 Å². The Hall–Kier alpha value is -2.63. The standard InChI is InChI=1S/C18H11Cl2NO4/c19-13-5-4-10(7-14(13)20)12-8-11-3-1-2-6-21(11)17(12)15(22)9-16(23)18(24)25/h1-8H,9H2,(H,24,25). The highest BCUT2D eigenvalue weighted by Gasteiger charge is 2.24. The highest BCUT2D eigenvalue weighted by Crippen LogP contribution is 2.33. The molecule has 0 unspecified atom stereocenters. The number of rotatable bonds is 5. The van der Waals surface area contributed by atoms with Crippen LogP contribution in [0, 0.1) is 0 Å². The second-order valence-electron chi connectivity index (χ2n) is 5.36. The first-order valence-corrected chi connectivity index (χ1v) is 7.99. The number of aliphatic carboxylic acids is 1. The van der Waals surface area contributed by atoms with Crippen LogP contribution in [0.2, 0.25) is 10.0 Å². The molecule has 2 heterocycles. The fraction of sp³-hybridized carbons (Fsp3) is 0.0556. The van der Waals surface area contributed by atoms with E-state index in [1.807, 2.05) is 6.07 Å². The fourth-order valence-corrected chi connectivity index (χ4v) is 2.90. The Kier molecular flexibility index (Phi) is 4.61. The van der Waals surface area contributed by atoms with Crippen molar-refractivity contribution in [1.82, 2.24) is 4.40 Å². The Balaban J connectivity index is 2.18. The molecule has 7 heteroatoms. The van der Waals surface area contributed by atoms with Gasteiger partial charge in [0.15, 0.2) is 5.78 Å². The Morgan fingerprint density at radius 2 is 1.76 bits per heavy atom. The molecule has 126 valence electrons. The average molecular weight is 376 g/mol. The van der Waals surface area contributed by atoms with Gasteiger partial charge >= 0.3 is 5.97 Å². The van der Waals surface area contributed by atoms with Crippen LogP contribution in [0.4, 0.5) is 0 Å². The quantitative estimate of drug-likeness (QED) is 0.413. The van der Waals surface area contributed by atoms with Gasteiger partial charge in [-0.25, -0.2) is 4.79 Å². The van der Waals surface area contributed by atoms with E-state index in [9.17, 15) is 14.4 Å². The molecule has 0 fully saturated rings. The van der Waals surface area contributed by atoms with E-state index in [4.69, 9.17) is 28.3 Å². The smallest absolute Gasteiger partial charge is 0.372 e. The number of halogens is 2. The molecule has 0 aliphatic rings. The van der Waals surface area contributed by atoms with E-state index < -0.39 is 24.0 Å². The predicted octanol–water partition coefficient (Wildman–Crippen LogP) is 4.14. The lowest BCUT2D eigenvalue weighted by Crippen LogP contribution is -2.18. The third-order valence-corrected chi connectivity index (χ3v) is 4.47. The van der Waals surface area contributed by atoms with Crippen LogP contribution in [-0.2, 0) is 9.59 Å². The Labute approximate surface area is 152 Å². The minimum absolute atomic E-state index is 0.226. The number of hydrogen-bond acceptors (Lipinski definition) is 3. The van der Waals surface area contributed by atoms with Gasteiger partial charge in [0.2, 0.25) is 5.78 Å². The van der Waals surface area contributed by atoms with Crippen molar-refractivity contribution in [3.8, 4) is 11.1 Å². The summed E-state index contributed by atoms with van der Waals surface area (Å²) in [4.78, 5) is 34.8. The van der Waals surface area contributed by atoms with Crippen LogP contribution in [0.5, 0.6) is 0 Å². The van der Waals surface area contributed by atoms with Crippen molar-refractivity contribution >= 4 is 46.3 Å². The minimum atomic E-state index is -1.63. The normalized spacial score (nSPS) is 10.8. The molecule has 2 aromatic heterocycles. The van der Waals surface area contributed by atoms with Crippen LogP contribution in [0.1, 0.15) is 16.9 Å². The SMILES string of the molecule is O=C(O)C(=O)CC(=O)c1c(-c2ccc(Cl)c(Cl)c2)cc2ccccn12. The number of hydrogen-bond donors (Lipinski definition) is 1. The van der Waals surface area contributed by atoms with Crippen LogP contribution < -0.4 is 0 Å². The Morgan fingerprint density at radius 1 is 1.00 bits per heavy atom. The van der Waals surface area contributed by atoms with Gasteiger partial charge < -0.3 is 9.51 Å². The van der Waals surface area contributed by atoms with E-state index in [1.165, 1.54) is 0 Å². The van der Waals surface area contributed by atoms with Crippen molar-refractivity contribution in [3.63, 3.8) is 0 Å². The molecule has 0 atom stereocenters. The van der Waals surface area contributed by atoms with E-state index >= 15 is 0 Å². The van der Waals surface area contributed by atoms with Crippen molar-refractivity contribution in [1.29, 1.82) is 0 Å². The van der Waals surface area contributed by atoms with Gasteiger partial charge in [0.1, 0.15) is 0 Å². The minimum Gasteiger partial charge on any atom is -0.475 e. The van der Waals surface area contributed by atoms with Crippen LogP contribution in [0.3, 0.4) is 0 Å². The second kappa shape index (κ2) is 6.70. The first kappa shape index (κ1) is 17.2. The van der Waals surface area contributed by atoms with Crippen molar-refractivity contribution in [2.45, 2.75) is 6.42 Å². The number of carbonyl (C=O) groups excluding carboxylic acids is 2. The summed E-state index contributed by atoms with van der Waals surface area (Å²) in [6.45, 7) is 0. The molecule has 0 saturated carbocycles. The Morgan fingerprint density at radius 3 is 2.44 bits per heavy atom. The number of pyridine rings is 1. The zero-order chi connectivity index (χ0) is 18.1. The third kappa shape index (κ3) is 3.29. The zero-order valence-corrected chi connectivity index (χ0v) is 14.2. The number of benzene rings is 1. The molecule has 3 rings (SSSR count). The summed E-state index contributed by atoms with van der Waals surface area (Å²) < 4.78 is 1.62. The summed E-state index contributed by atoms with van der Waals surface area (Å²) in [6, 6.07) is 12.1. The molecule has 25 heavy (non-hydrogen) atoms.